The molecular formula is C16H19NOS. The largest absolute Gasteiger partial charge is 0.493 e. The molecule has 2 nitrogen and oxygen atoms in total. The Hall–Kier alpha value is -1.61. The molecule has 0 unspecified atom stereocenters. The number of fused-ring (bicyclic) bond motifs is 1. The third kappa shape index (κ3) is 3.24. The smallest absolute Gasteiger partial charge is 0.127 e. The molecule has 0 aliphatic carbocycles. The Labute approximate surface area is 119 Å². The van der Waals surface area contributed by atoms with Crippen molar-refractivity contribution in [1.82, 2.24) is 0 Å². The lowest BCUT2D eigenvalue weighted by atomic mass is 9.90. The van der Waals surface area contributed by atoms with Gasteiger partial charge in [-0.25, -0.2) is 0 Å². The minimum atomic E-state index is -0.167. The maximum absolute atomic E-state index is 5.89. The molecule has 3 heteroatoms. The zero-order valence-electron chi connectivity index (χ0n) is 11.3. The van der Waals surface area contributed by atoms with Crippen LogP contribution in [-0.4, -0.2) is 11.6 Å². The van der Waals surface area contributed by atoms with Crippen molar-refractivity contribution < 1.29 is 4.74 Å². The van der Waals surface area contributed by atoms with Gasteiger partial charge in [-0.15, -0.1) is 0 Å². The monoisotopic (exact) mass is 273 g/mol. The summed E-state index contributed by atoms with van der Waals surface area (Å²) in [6, 6.07) is 14.3. The van der Waals surface area contributed by atoms with E-state index in [1.165, 1.54) is 5.39 Å². The second kappa shape index (κ2) is 5.57. The second-order valence-corrected chi connectivity index (χ2v) is 5.76. The van der Waals surface area contributed by atoms with Crippen molar-refractivity contribution >= 4 is 28.0 Å². The van der Waals surface area contributed by atoms with Gasteiger partial charge in [0.2, 0.25) is 0 Å². The quantitative estimate of drug-likeness (QED) is 0.839. The summed E-state index contributed by atoms with van der Waals surface area (Å²) >= 11 is 5.06. The van der Waals surface area contributed by atoms with Crippen LogP contribution in [0.3, 0.4) is 0 Å². The Morgan fingerprint density at radius 2 is 1.84 bits per heavy atom. The SMILES string of the molecule is CC(C)(CCOc1cccc2ccccc12)C(N)=S. The Morgan fingerprint density at radius 3 is 2.58 bits per heavy atom. The van der Waals surface area contributed by atoms with Crippen molar-refractivity contribution in [2.45, 2.75) is 20.3 Å². The van der Waals surface area contributed by atoms with Gasteiger partial charge in [0, 0.05) is 10.8 Å². The van der Waals surface area contributed by atoms with Gasteiger partial charge in [0.15, 0.2) is 0 Å². The van der Waals surface area contributed by atoms with Gasteiger partial charge in [-0.3, -0.25) is 0 Å². The van der Waals surface area contributed by atoms with Gasteiger partial charge < -0.3 is 10.5 Å². The van der Waals surface area contributed by atoms with Crippen LogP contribution in [0.2, 0.25) is 0 Å². The van der Waals surface area contributed by atoms with E-state index in [0.717, 1.165) is 17.6 Å². The highest BCUT2D eigenvalue weighted by Crippen LogP contribution is 2.27. The van der Waals surface area contributed by atoms with Gasteiger partial charge in [0.1, 0.15) is 5.75 Å². The summed E-state index contributed by atoms with van der Waals surface area (Å²) in [5.74, 6) is 0.914. The normalized spacial score (nSPS) is 11.5. The van der Waals surface area contributed by atoms with Crippen LogP contribution in [0.25, 0.3) is 10.8 Å². The molecule has 2 aromatic rings. The maximum Gasteiger partial charge on any atom is 0.127 e. The molecule has 0 saturated carbocycles. The average Bonchev–Trinajstić information content (AvgIpc) is 2.38. The highest BCUT2D eigenvalue weighted by molar-refractivity contribution is 7.80. The number of hydrogen-bond donors (Lipinski definition) is 1. The summed E-state index contributed by atoms with van der Waals surface area (Å²) in [5.41, 5.74) is 5.55. The van der Waals surface area contributed by atoms with E-state index in [-0.39, 0.29) is 5.41 Å². The van der Waals surface area contributed by atoms with Crippen LogP contribution in [0.15, 0.2) is 42.5 Å². The Balaban J connectivity index is 2.09. The zero-order valence-corrected chi connectivity index (χ0v) is 12.2. The molecular weight excluding hydrogens is 254 g/mol. The van der Waals surface area contributed by atoms with Crippen molar-refractivity contribution in [3.63, 3.8) is 0 Å². The second-order valence-electron chi connectivity index (χ2n) is 5.32. The van der Waals surface area contributed by atoms with Crippen molar-refractivity contribution in [3.8, 4) is 5.75 Å². The van der Waals surface area contributed by atoms with E-state index in [1.807, 2.05) is 38.1 Å². The van der Waals surface area contributed by atoms with Crippen LogP contribution < -0.4 is 10.5 Å². The highest BCUT2D eigenvalue weighted by atomic mass is 32.1. The molecule has 2 aromatic carbocycles. The van der Waals surface area contributed by atoms with Gasteiger partial charge in [-0.05, 0) is 17.9 Å². The van der Waals surface area contributed by atoms with E-state index in [0.29, 0.717) is 11.6 Å². The number of rotatable bonds is 5. The van der Waals surface area contributed by atoms with Crippen LogP contribution in [0, 0.1) is 5.41 Å². The lowest BCUT2D eigenvalue weighted by molar-refractivity contribution is 0.273. The lowest BCUT2D eigenvalue weighted by Crippen LogP contribution is -2.31. The number of ether oxygens (including phenoxy) is 1. The molecule has 2 N–H and O–H groups in total. The molecule has 0 heterocycles. The van der Waals surface area contributed by atoms with Gasteiger partial charge in [0.05, 0.1) is 11.6 Å². The van der Waals surface area contributed by atoms with Gasteiger partial charge >= 0.3 is 0 Å². The first-order valence-corrected chi connectivity index (χ1v) is 6.82. The van der Waals surface area contributed by atoms with E-state index in [2.05, 4.69) is 18.2 Å². The summed E-state index contributed by atoms with van der Waals surface area (Å²) in [4.78, 5) is 0.536. The summed E-state index contributed by atoms with van der Waals surface area (Å²) < 4.78 is 5.89. The summed E-state index contributed by atoms with van der Waals surface area (Å²) in [7, 11) is 0. The molecule has 0 aromatic heterocycles. The molecule has 100 valence electrons. The number of benzene rings is 2. The molecule has 0 radical (unpaired) electrons. The first kappa shape index (κ1) is 13.8. The molecule has 19 heavy (non-hydrogen) atoms. The van der Waals surface area contributed by atoms with Crippen LogP contribution >= 0.6 is 12.2 Å². The summed E-state index contributed by atoms with van der Waals surface area (Å²) in [5, 5.41) is 2.33. The third-order valence-corrected chi connectivity index (χ3v) is 3.95. The highest BCUT2D eigenvalue weighted by Gasteiger charge is 2.21. The molecule has 0 aliphatic heterocycles. The summed E-state index contributed by atoms with van der Waals surface area (Å²) in [6.07, 6.45) is 0.811. The van der Waals surface area contributed by atoms with E-state index < -0.39 is 0 Å². The molecule has 2 rings (SSSR count). The molecule has 0 spiro atoms. The van der Waals surface area contributed by atoms with Crippen LogP contribution in [0.5, 0.6) is 5.75 Å². The van der Waals surface area contributed by atoms with Gasteiger partial charge in [0.25, 0.3) is 0 Å². The fourth-order valence-electron chi connectivity index (χ4n) is 1.86. The fourth-order valence-corrected chi connectivity index (χ4v) is 1.96. The summed E-state index contributed by atoms with van der Waals surface area (Å²) in [6.45, 7) is 4.70. The first-order chi connectivity index (χ1) is 9.00. The van der Waals surface area contributed by atoms with Gasteiger partial charge in [-0.1, -0.05) is 62.5 Å². The topological polar surface area (TPSA) is 35.2 Å². The molecule has 0 atom stereocenters. The Bertz CT molecular complexity index is 587. The maximum atomic E-state index is 5.89. The number of nitrogens with two attached hydrogens (primary N) is 1. The molecule has 0 saturated heterocycles. The average molecular weight is 273 g/mol. The van der Waals surface area contributed by atoms with E-state index in [9.17, 15) is 0 Å². The van der Waals surface area contributed by atoms with Crippen molar-refractivity contribution in [2.75, 3.05) is 6.61 Å². The van der Waals surface area contributed by atoms with Crippen LogP contribution in [0.4, 0.5) is 0 Å². The van der Waals surface area contributed by atoms with E-state index in [4.69, 9.17) is 22.7 Å². The fraction of sp³-hybridized carbons (Fsp3) is 0.312. The number of hydrogen-bond acceptors (Lipinski definition) is 2. The third-order valence-electron chi connectivity index (χ3n) is 3.40. The predicted molar refractivity (Wildman–Crippen MR) is 84.6 cm³/mol. The van der Waals surface area contributed by atoms with Crippen molar-refractivity contribution in [3.05, 3.63) is 42.5 Å². The van der Waals surface area contributed by atoms with Crippen molar-refractivity contribution in [2.24, 2.45) is 11.1 Å². The minimum absolute atomic E-state index is 0.167. The lowest BCUT2D eigenvalue weighted by Gasteiger charge is -2.23. The van der Waals surface area contributed by atoms with Crippen LogP contribution in [-0.2, 0) is 0 Å². The minimum Gasteiger partial charge on any atom is -0.493 e. The van der Waals surface area contributed by atoms with E-state index in [1.54, 1.807) is 0 Å². The Morgan fingerprint density at radius 1 is 1.16 bits per heavy atom. The Kier molecular flexibility index (Phi) is 4.05. The zero-order chi connectivity index (χ0) is 13.9. The van der Waals surface area contributed by atoms with Gasteiger partial charge in [-0.2, -0.15) is 0 Å². The predicted octanol–water partition coefficient (Wildman–Crippen LogP) is 3.92. The van der Waals surface area contributed by atoms with E-state index >= 15 is 0 Å². The molecule has 0 amide bonds. The first-order valence-electron chi connectivity index (χ1n) is 6.41. The van der Waals surface area contributed by atoms with Crippen molar-refractivity contribution in [1.29, 1.82) is 0 Å². The standard InChI is InChI=1S/C16H19NOS/c1-16(2,15(17)19)10-11-18-14-9-5-7-12-6-3-4-8-13(12)14/h3-9H,10-11H2,1-2H3,(H2,17,19). The molecule has 0 aliphatic rings. The van der Waals surface area contributed by atoms with Crippen LogP contribution in [0.1, 0.15) is 20.3 Å². The molecule has 0 bridgehead atoms. The molecule has 0 fully saturated rings. The number of thiocarbonyl (C=S) groups is 1.